The largest absolute Gasteiger partial charge is 0.336 e. The minimum Gasteiger partial charge on any atom is -0.336 e. The van der Waals surface area contributed by atoms with E-state index in [0.29, 0.717) is 29.0 Å². The molecule has 5 heteroatoms. The maximum atomic E-state index is 13.3. The van der Waals surface area contributed by atoms with Gasteiger partial charge in [0.15, 0.2) is 9.84 Å². The molecule has 1 atom stereocenters. The van der Waals surface area contributed by atoms with Crippen LogP contribution in [0.15, 0.2) is 29.2 Å². The van der Waals surface area contributed by atoms with Crippen LogP contribution >= 0.6 is 0 Å². The van der Waals surface area contributed by atoms with E-state index in [1.54, 1.807) is 12.1 Å². The van der Waals surface area contributed by atoms with Crippen LogP contribution in [0.3, 0.4) is 0 Å². The van der Waals surface area contributed by atoms with Gasteiger partial charge in [0.25, 0.3) is 0 Å². The summed E-state index contributed by atoms with van der Waals surface area (Å²) in [6, 6.07) is 7.85. The Bertz CT molecular complexity index is 706. The number of nitrogens with zero attached hydrogens (tertiary/aromatic N) is 1. The molecule has 1 aromatic carbocycles. The fourth-order valence-corrected chi connectivity index (χ4v) is 5.64. The van der Waals surface area contributed by atoms with Gasteiger partial charge in [-0.15, -0.1) is 0 Å². The molecule has 23 heavy (non-hydrogen) atoms. The second kappa shape index (κ2) is 5.62. The van der Waals surface area contributed by atoms with Gasteiger partial charge in [0.05, 0.1) is 16.6 Å². The average Bonchev–Trinajstić information content (AvgIpc) is 2.42. The van der Waals surface area contributed by atoms with Crippen LogP contribution in [-0.4, -0.2) is 37.1 Å². The maximum absolute atomic E-state index is 13.3. The lowest BCUT2D eigenvalue weighted by atomic mass is 9.82. The SMILES string of the molecule is O=C(C1CCS(=O)(=O)c2ccccc21)N(C1CCC1)C1CCC1. The summed E-state index contributed by atoms with van der Waals surface area (Å²) in [5.41, 5.74) is 0.715. The normalized spacial score (nSPS) is 26.7. The molecule has 0 spiro atoms. The lowest BCUT2D eigenvalue weighted by Gasteiger charge is -2.47. The summed E-state index contributed by atoms with van der Waals surface area (Å²) >= 11 is 0. The van der Waals surface area contributed by atoms with E-state index in [2.05, 4.69) is 4.90 Å². The number of sulfone groups is 1. The Morgan fingerprint density at radius 1 is 0.957 bits per heavy atom. The summed E-state index contributed by atoms with van der Waals surface area (Å²) in [5.74, 6) is -0.0264. The molecule has 4 nitrogen and oxygen atoms in total. The zero-order chi connectivity index (χ0) is 16.0. The summed E-state index contributed by atoms with van der Waals surface area (Å²) in [4.78, 5) is 15.8. The van der Waals surface area contributed by atoms with E-state index < -0.39 is 9.84 Å². The van der Waals surface area contributed by atoms with Crippen molar-refractivity contribution in [2.75, 3.05) is 5.75 Å². The summed E-state index contributed by atoms with van der Waals surface area (Å²) in [6.07, 6.45) is 7.26. The first-order valence-electron chi connectivity index (χ1n) is 8.72. The van der Waals surface area contributed by atoms with Crippen molar-refractivity contribution < 1.29 is 13.2 Å². The van der Waals surface area contributed by atoms with Crippen LogP contribution in [-0.2, 0) is 14.6 Å². The number of carbonyl (C=O) groups excluding carboxylic acids is 1. The number of carbonyl (C=O) groups is 1. The highest BCUT2D eigenvalue weighted by molar-refractivity contribution is 7.91. The van der Waals surface area contributed by atoms with E-state index in [0.717, 1.165) is 25.7 Å². The predicted molar refractivity (Wildman–Crippen MR) is 88.0 cm³/mol. The zero-order valence-electron chi connectivity index (χ0n) is 13.3. The van der Waals surface area contributed by atoms with E-state index in [1.807, 2.05) is 12.1 Å². The van der Waals surface area contributed by atoms with Crippen molar-refractivity contribution in [2.24, 2.45) is 0 Å². The van der Waals surface area contributed by atoms with Gasteiger partial charge in [0, 0.05) is 12.1 Å². The summed E-state index contributed by atoms with van der Waals surface area (Å²) < 4.78 is 24.6. The number of hydrogen-bond acceptors (Lipinski definition) is 3. The first kappa shape index (κ1) is 15.2. The van der Waals surface area contributed by atoms with E-state index in [1.165, 1.54) is 12.8 Å². The molecule has 0 saturated heterocycles. The fourth-order valence-electron chi connectivity index (χ4n) is 4.01. The summed E-state index contributed by atoms with van der Waals surface area (Å²) in [6.45, 7) is 0. The maximum Gasteiger partial charge on any atom is 0.230 e. The molecular formula is C18H23NO3S. The smallest absolute Gasteiger partial charge is 0.230 e. The molecular weight excluding hydrogens is 310 g/mol. The highest BCUT2D eigenvalue weighted by Gasteiger charge is 2.42. The third-order valence-corrected chi connectivity index (χ3v) is 7.61. The average molecular weight is 333 g/mol. The second-order valence-electron chi connectivity index (χ2n) is 7.11. The number of rotatable bonds is 3. The van der Waals surface area contributed by atoms with Gasteiger partial charge in [-0.3, -0.25) is 4.79 Å². The predicted octanol–water partition coefficient (Wildman–Crippen LogP) is 2.88. The van der Waals surface area contributed by atoms with Gasteiger partial charge in [-0.05, 0) is 56.6 Å². The van der Waals surface area contributed by atoms with Crippen molar-refractivity contribution in [3.05, 3.63) is 29.8 Å². The number of hydrogen-bond donors (Lipinski definition) is 0. The molecule has 0 radical (unpaired) electrons. The molecule has 2 aliphatic carbocycles. The molecule has 124 valence electrons. The Kier molecular flexibility index (Phi) is 3.71. The van der Waals surface area contributed by atoms with Crippen LogP contribution in [0.25, 0.3) is 0 Å². The van der Waals surface area contributed by atoms with Gasteiger partial charge in [-0.1, -0.05) is 18.2 Å². The van der Waals surface area contributed by atoms with Gasteiger partial charge in [0.1, 0.15) is 0 Å². The topological polar surface area (TPSA) is 54.5 Å². The molecule has 2 fully saturated rings. The highest BCUT2D eigenvalue weighted by atomic mass is 32.2. The monoisotopic (exact) mass is 333 g/mol. The molecule has 0 N–H and O–H groups in total. The van der Waals surface area contributed by atoms with Gasteiger partial charge < -0.3 is 4.90 Å². The van der Waals surface area contributed by atoms with Crippen LogP contribution in [0, 0.1) is 0 Å². The molecule has 1 aromatic rings. The molecule has 0 bridgehead atoms. The minimum atomic E-state index is -3.23. The minimum absolute atomic E-state index is 0.0869. The Morgan fingerprint density at radius 3 is 2.13 bits per heavy atom. The molecule has 1 heterocycles. The van der Waals surface area contributed by atoms with Crippen molar-refractivity contribution in [3.63, 3.8) is 0 Å². The molecule has 1 unspecified atom stereocenters. The second-order valence-corrected chi connectivity index (χ2v) is 9.19. The van der Waals surface area contributed by atoms with Crippen LogP contribution in [0.4, 0.5) is 0 Å². The van der Waals surface area contributed by atoms with Crippen molar-refractivity contribution in [1.29, 1.82) is 0 Å². The zero-order valence-corrected chi connectivity index (χ0v) is 14.1. The van der Waals surface area contributed by atoms with Crippen LogP contribution in [0.1, 0.15) is 56.4 Å². The number of amides is 1. The van der Waals surface area contributed by atoms with Crippen molar-refractivity contribution in [2.45, 2.75) is 67.8 Å². The molecule has 2 saturated carbocycles. The highest BCUT2D eigenvalue weighted by Crippen LogP contribution is 2.40. The fraction of sp³-hybridized carbons (Fsp3) is 0.611. The van der Waals surface area contributed by atoms with Crippen LogP contribution in [0.5, 0.6) is 0 Å². The number of benzene rings is 1. The van der Waals surface area contributed by atoms with E-state index in [4.69, 9.17) is 0 Å². The van der Waals surface area contributed by atoms with Crippen molar-refractivity contribution >= 4 is 15.7 Å². The quantitative estimate of drug-likeness (QED) is 0.855. The Labute approximate surface area is 137 Å². The molecule has 3 aliphatic rings. The van der Waals surface area contributed by atoms with Gasteiger partial charge >= 0.3 is 0 Å². The Hall–Kier alpha value is -1.36. The van der Waals surface area contributed by atoms with E-state index in [-0.39, 0.29) is 17.6 Å². The Morgan fingerprint density at radius 2 is 1.57 bits per heavy atom. The standard InChI is InChI=1S/C18H23NO3S/c20-18(19(13-5-3-6-13)14-7-4-8-14)16-11-12-23(21,22)17-10-2-1-9-15(16)17/h1-2,9-10,13-14,16H,3-8,11-12H2. The Balaban J connectivity index is 1.67. The lowest BCUT2D eigenvalue weighted by Crippen LogP contribution is -2.54. The first-order chi connectivity index (χ1) is 11.1. The van der Waals surface area contributed by atoms with Gasteiger partial charge in [-0.2, -0.15) is 0 Å². The first-order valence-corrected chi connectivity index (χ1v) is 10.4. The third kappa shape index (κ3) is 2.49. The molecule has 0 aromatic heterocycles. The number of fused-ring (bicyclic) bond motifs is 1. The lowest BCUT2D eigenvalue weighted by molar-refractivity contribution is -0.142. The van der Waals surface area contributed by atoms with Crippen molar-refractivity contribution in [1.82, 2.24) is 4.90 Å². The van der Waals surface area contributed by atoms with Crippen molar-refractivity contribution in [3.8, 4) is 0 Å². The summed E-state index contributed by atoms with van der Waals surface area (Å²) in [7, 11) is -3.23. The molecule has 1 aliphatic heterocycles. The van der Waals surface area contributed by atoms with E-state index in [9.17, 15) is 13.2 Å². The van der Waals surface area contributed by atoms with Gasteiger partial charge in [-0.25, -0.2) is 8.42 Å². The third-order valence-electron chi connectivity index (χ3n) is 5.79. The summed E-state index contributed by atoms with van der Waals surface area (Å²) in [5, 5.41) is 0. The molecule has 4 rings (SSSR count). The van der Waals surface area contributed by atoms with Gasteiger partial charge in [0.2, 0.25) is 5.91 Å². The van der Waals surface area contributed by atoms with Crippen LogP contribution in [0.2, 0.25) is 0 Å². The van der Waals surface area contributed by atoms with Crippen LogP contribution < -0.4 is 0 Å². The molecule has 1 amide bonds. The van der Waals surface area contributed by atoms with E-state index >= 15 is 0 Å².